The SMILES string of the molecule is CCCCOc1ccc2c(c1)CC[C@@H]1[C@@H]2CC[C@@]2(C)[C@H]1CC[C@@]21CO1. The molecule has 1 aliphatic heterocycles. The van der Waals surface area contributed by atoms with E-state index in [4.69, 9.17) is 9.47 Å². The molecule has 3 fully saturated rings. The van der Waals surface area contributed by atoms with Crippen molar-refractivity contribution in [3.05, 3.63) is 29.3 Å². The first kappa shape index (κ1) is 16.2. The zero-order valence-electron chi connectivity index (χ0n) is 15.9. The second-order valence-electron chi connectivity index (χ2n) is 9.26. The molecule has 1 heterocycles. The minimum atomic E-state index is 0.278. The minimum Gasteiger partial charge on any atom is -0.494 e. The van der Waals surface area contributed by atoms with Gasteiger partial charge in [0.2, 0.25) is 0 Å². The quantitative estimate of drug-likeness (QED) is 0.534. The van der Waals surface area contributed by atoms with E-state index in [0.717, 1.165) is 43.1 Å². The number of fused-ring (bicyclic) bond motifs is 6. The molecule has 0 unspecified atom stereocenters. The molecule has 4 aliphatic rings. The Kier molecular flexibility index (Phi) is 3.71. The third kappa shape index (κ3) is 2.32. The molecule has 1 aromatic carbocycles. The maximum Gasteiger partial charge on any atom is 0.119 e. The molecule has 2 saturated carbocycles. The summed E-state index contributed by atoms with van der Waals surface area (Å²) in [5, 5.41) is 0. The van der Waals surface area contributed by atoms with Crippen LogP contribution < -0.4 is 4.74 Å². The molecule has 2 heteroatoms. The summed E-state index contributed by atoms with van der Waals surface area (Å²) in [7, 11) is 0. The summed E-state index contributed by atoms with van der Waals surface area (Å²) in [5.74, 6) is 3.61. The largest absolute Gasteiger partial charge is 0.494 e. The first-order chi connectivity index (χ1) is 12.2. The van der Waals surface area contributed by atoms with E-state index in [1.165, 1.54) is 44.9 Å². The molecule has 1 saturated heterocycles. The average Bonchev–Trinajstić information content (AvgIpc) is 3.36. The highest BCUT2D eigenvalue weighted by atomic mass is 16.6. The zero-order chi connectivity index (χ0) is 17.1. The van der Waals surface area contributed by atoms with Crippen LogP contribution in [-0.2, 0) is 11.2 Å². The fourth-order valence-corrected chi connectivity index (χ4v) is 6.64. The summed E-state index contributed by atoms with van der Waals surface area (Å²) in [5.41, 5.74) is 3.93. The third-order valence-corrected chi connectivity index (χ3v) is 8.25. The molecule has 3 aliphatic carbocycles. The van der Waals surface area contributed by atoms with Crippen LogP contribution in [0.4, 0.5) is 0 Å². The Labute approximate surface area is 152 Å². The van der Waals surface area contributed by atoms with Gasteiger partial charge in [0.15, 0.2) is 0 Å². The van der Waals surface area contributed by atoms with Gasteiger partial charge in [0, 0.05) is 5.41 Å². The molecule has 0 bridgehead atoms. The fourth-order valence-electron chi connectivity index (χ4n) is 6.64. The highest BCUT2D eigenvalue weighted by molar-refractivity contribution is 5.41. The lowest BCUT2D eigenvalue weighted by atomic mass is 9.54. The summed E-state index contributed by atoms with van der Waals surface area (Å²) >= 11 is 0. The van der Waals surface area contributed by atoms with Gasteiger partial charge < -0.3 is 9.47 Å². The highest BCUT2D eigenvalue weighted by Crippen LogP contribution is 2.68. The molecule has 1 spiro atoms. The van der Waals surface area contributed by atoms with Gasteiger partial charge in [-0.1, -0.05) is 26.3 Å². The molecule has 1 aromatic rings. The lowest BCUT2D eigenvalue weighted by Crippen LogP contribution is -2.45. The van der Waals surface area contributed by atoms with Crippen molar-refractivity contribution in [3.8, 4) is 5.75 Å². The number of ether oxygens (including phenoxy) is 2. The van der Waals surface area contributed by atoms with Crippen LogP contribution >= 0.6 is 0 Å². The first-order valence-electron chi connectivity index (χ1n) is 10.6. The van der Waals surface area contributed by atoms with Gasteiger partial charge in [0.05, 0.1) is 18.8 Å². The Balaban J connectivity index is 1.38. The predicted molar refractivity (Wildman–Crippen MR) is 100 cm³/mol. The van der Waals surface area contributed by atoms with Gasteiger partial charge >= 0.3 is 0 Å². The van der Waals surface area contributed by atoms with Crippen molar-refractivity contribution in [1.82, 2.24) is 0 Å². The molecule has 2 nitrogen and oxygen atoms in total. The topological polar surface area (TPSA) is 21.8 Å². The maximum absolute atomic E-state index is 6.02. The Hall–Kier alpha value is -1.02. The van der Waals surface area contributed by atoms with Crippen molar-refractivity contribution in [2.45, 2.75) is 76.7 Å². The second kappa shape index (κ2) is 5.74. The molecule has 0 amide bonds. The Morgan fingerprint density at radius 1 is 1.20 bits per heavy atom. The van der Waals surface area contributed by atoms with E-state index in [0.29, 0.717) is 5.41 Å². The molecular weight excluding hydrogens is 308 g/mol. The number of benzene rings is 1. The summed E-state index contributed by atoms with van der Waals surface area (Å²) in [6.45, 7) is 6.65. The van der Waals surface area contributed by atoms with Crippen molar-refractivity contribution in [3.63, 3.8) is 0 Å². The number of aryl methyl sites for hydroxylation is 1. The highest BCUT2D eigenvalue weighted by Gasteiger charge is 2.68. The van der Waals surface area contributed by atoms with Crippen molar-refractivity contribution in [2.24, 2.45) is 17.3 Å². The maximum atomic E-state index is 6.02. The number of hydrogen-bond acceptors (Lipinski definition) is 2. The zero-order valence-corrected chi connectivity index (χ0v) is 15.9. The fraction of sp³-hybridized carbons (Fsp3) is 0.739. The van der Waals surface area contributed by atoms with Gasteiger partial charge in [0.1, 0.15) is 5.75 Å². The minimum absolute atomic E-state index is 0.278. The average molecular weight is 341 g/mol. The van der Waals surface area contributed by atoms with Crippen LogP contribution in [0, 0.1) is 17.3 Å². The van der Waals surface area contributed by atoms with Crippen LogP contribution in [-0.4, -0.2) is 18.8 Å². The van der Waals surface area contributed by atoms with E-state index in [9.17, 15) is 0 Å². The molecule has 5 rings (SSSR count). The van der Waals surface area contributed by atoms with Gasteiger partial charge in [-0.3, -0.25) is 0 Å². The van der Waals surface area contributed by atoms with E-state index in [1.54, 1.807) is 11.1 Å². The molecule has 136 valence electrons. The Bertz CT molecular complexity index is 662. The molecule has 5 atom stereocenters. The van der Waals surface area contributed by atoms with Crippen LogP contribution in [0.3, 0.4) is 0 Å². The molecule has 0 N–H and O–H groups in total. The van der Waals surface area contributed by atoms with Gasteiger partial charge in [-0.05, 0) is 86.0 Å². The third-order valence-electron chi connectivity index (χ3n) is 8.25. The van der Waals surface area contributed by atoms with Gasteiger partial charge in [-0.2, -0.15) is 0 Å². The Morgan fingerprint density at radius 2 is 2.08 bits per heavy atom. The van der Waals surface area contributed by atoms with Crippen LogP contribution in [0.15, 0.2) is 18.2 Å². The lowest BCUT2D eigenvalue weighted by Gasteiger charge is -2.50. The van der Waals surface area contributed by atoms with Gasteiger partial charge in [-0.25, -0.2) is 0 Å². The Morgan fingerprint density at radius 3 is 2.88 bits per heavy atom. The van der Waals surface area contributed by atoms with Crippen LogP contribution in [0.5, 0.6) is 5.75 Å². The van der Waals surface area contributed by atoms with E-state index in [-0.39, 0.29) is 5.60 Å². The number of hydrogen-bond donors (Lipinski definition) is 0. The van der Waals surface area contributed by atoms with Crippen LogP contribution in [0.2, 0.25) is 0 Å². The summed E-state index contributed by atoms with van der Waals surface area (Å²) < 4.78 is 12.0. The van der Waals surface area contributed by atoms with E-state index in [2.05, 4.69) is 32.0 Å². The number of unbranched alkanes of at least 4 members (excludes halogenated alkanes) is 1. The van der Waals surface area contributed by atoms with E-state index < -0.39 is 0 Å². The van der Waals surface area contributed by atoms with Crippen molar-refractivity contribution in [2.75, 3.05) is 13.2 Å². The predicted octanol–water partition coefficient (Wildman–Crippen LogP) is 5.49. The molecular formula is C23H32O2. The first-order valence-corrected chi connectivity index (χ1v) is 10.6. The van der Waals surface area contributed by atoms with Crippen LogP contribution in [0.1, 0.15) is 75.8 Å². The molecule has 25 heavy (non-hydrogen) atoms. The molecule has 0 aromatic heterocycles. The standard InChI is InChI=1S/C23H32O2/c1-3-4-13-24-17-6-8-18-16(14-17)5-7-20-19(18)9-11-22(2)21(20)10-12-23(22)15-25-23/h6,8,14,19-21H,3-5,7,9-13,15H2,1-2H3/t19-,20-,21+,22+,23-/m1/s1. The number of epoxide rings is 1. The van der Waals surface area contributed by atoms with Gasteiger partial charge in [-0.15, -0.1) is 0 Å². The van der Waals surface area contributed by atoms with E-state index in [1.807, 2.05) is 0 Å². The molecule has 0 radical (unpaired) electrons. The van der Waals surface area contributed by atoms with Crippen LogP contribution in [0.25, 0.3) is 0 Å². The van der Waals surface area contributed by atoms with E-state index >= 15 is 0 Å². The lowest BCUT2D eigenvalue weighted by molar-refractivity contribution is 0.0121. The van der Waals surface area contributed by atoms with Gasteiger partial charge in [0.25, 0.3) is 0 Å². The summed E-state index contributed by atoms with van der Waals surface area (Å²) in [6, 6.07) is 6.97. The summed E-state index contributed by atoms with van der Waals surface area (Å²) in [6.07, 6.45) is 10.4. The number of rotatable bonds is 4. The summed E-state index contributed by atoms with van der Waals surface area (Å²) in [4.78, 5) is 0. The monoisotopic (exact) mass is 340 g/mol. The van der Waals surface area contributed by atoms with Crippen molar-refractivity contribution >= 4 is 0 Å². The van der Waals surface area contributed by atoms with Crippen molar-refractivity contribution in [1.29, 1.82) is 0 Å². The smallest absolute Gasteiger partial charge is 0.119 e. The normalized spacial score (nSPS) is 41.1. The second-order valence-corrected chi connectivity index (χ2v) is 9.26. The van der Waals surface area contributed by atoms with Crippen molar-refractivity contribution < 1.29 is 9.47 Å².